The van der Waals surface area contributed by atoms with E-state index >= 15 is 0 Å². The maximum Gasteiger partial charge on any atom is 0.313 e. The lowest BCUT2D eigenvalue weighted by Crippen LogP contribution is -2.41. The van der Waals surface area contributed by atoms with Gasteiger partial charge < -0.3 is 20.0 Å². The van der Waals surface area contributed by atoms with Crippen molar-refractivity contribution >= 4 is 23.2 Å². The van der Waals surface area contributed by atoms with Crippen LogP contribution in [0.5, 0.6) is 0 Å². The Labute approximate surface area is 167 Å². The summed E-state index contributed by atoms with van der Waals surface area (Å²) in [5.41, 5.74) is 2.55. The van der Waals surface area contributed by atoms with Crippen LogP contribution in [0.2, 0.25) is 0 Å². The van der Waals surface area contributed by atoms with Crippen LogP contribution in [-0.2, 0) is 16.0 Å². The van der Waals surface area contributed by atoms with Gasteiger partial charge >= 0.3 is 11.8 Å². The van der Waals surface area contributed by atoms with Crippen LogP contribution in [-0.4, -0.2) is 24.9 Å². The van der Waals surface area contributed by atoms with E-state index < -0.39 is 17.6 Å². The smallest absolute Gasteiger partial charge is 0.313 e. The first-order chi connectivity index (χ1) is 14.1. The molecule has 2 amide bonds. The van der Waals surface area contributed by atoms with E-state index in [9.17, 15) is 14.0 Å². The van der Waals surface area contributed by atoms with Gasteiger partial charge in [0.25, 0.3) is 0 Å². The quantitative estimate of drug-likeness (QED) is 0.653. The number of hydrogen-bond acceptors (Lipinski definition) is 4. The van der Waals surface area contributed by atoms with E-state index in [4.69, 9.17) is 4.42 Å². The van der Waals surface area contributed by atoms with Gasteiger partial charge in [-0.1, -0.05) is 24.3 Å². The molecule has 29 heavy (non-hydrogen) atoms. The van der Waals surface area contributed by atoms with E-state index in [1.165, 1.54) is 23.8 Å². The molecule has 1 aliphatic rings. The number of hydrogen-bond donors (Lipinski definition) is 2. The van der Waals surface area contributed by atoms with Crippen molar-refractivity contribution in [2.45, 2.75) is 12.5 Å². The summed E-state index contributed by atoms with van der Waals surface area (Å²) in [5, 5.41) is 5.07. The molecule has 6 nitrogen and oxygen atoms in total. The molecule has 7 heteroatoms. The number of nitrogens with one attached hydrogen (secondary N) is 2. The van der Waals surface area contributed by atoms with Crippen molar-refractivity contribution in [2.24, 2.45) is 0 Å². The standard InChI is InChI=1S/C22H20FN3O3/c23-16-6-3-7-17(13-16)25-22(28)21(27)24-14-19(20-9-4-12-29-20)26-11-10-15-5-1-2-8-18(15)26/h1-9,12-13,19H,10-11,14H2,(H,24,27)(H,25,28)/t19-/m0/s1. The molecule has 0 saturated heterocycles. The molecule has 148 valence electrons. The van der Waals surface area contributed by atoms with Crippen molar-refractivity contribution in [1.29, 1.82) is 0 Å². The number of anilines is 2. The summed E-state index contributed by atoms with van der Waals surface area (Å²) in [6, 6.07) is 16.9. The molecule has 0 radical (unpaired) electrons. The van der Waals surface area contributed by atoms with Crippen LogP contribution in [0.25, 0.3) is 0 Å². The Bertz CT molecular complexity index is 1020. The topological polar surface area (TPSA) is 74.6 Å². The van der Waals surface area contributed by atoms with Gasteiger partial charge in [0.05, 0.1) is 6.26 Å². The number of fused-ring (bicyclic) bond motifs is 1. The molecular weight excluding hydrogens is 373 g/mol. The highest BCUT2D eigenvalue weighted by molar-refractivity contribution is 6.39. The normalized spacial score (nSPS) is 13.6. The Hall–Kier alpha value is -3.61. The summed E-state index contributed by atoms with van der Waals surface area (Å²) in [4.78, 5) is 26.6. The summed E-state index contributed by atoms with van der Waals surface area (Å²) in [6.45, 7) is 0.979. The SMILES string of the molecule is O=C(NC[C@@H](c1ccco1)N1CCc2ccccc21)C(=O)Nc1cccc(F)c1. The van der Waals surface area contributed by atoms with Crippen LogP contribution >= 0.6 is 0 Å². The summed E-state index contributed by atoms with van der Waals surface area (Å²) in [7, 11) is 0. The van der Waals surface area contributed by atoms with Crippen LogP contribution in [0, 0.1) is 5.82 Å². The van der Waals surface area contributed by atoms with Crippen LogP contribution < -0.4 is 15.5 Å². The van der Waals surface area contributed by atoms with Crippen molar-refractivity contribution < 1.29 is 18.4 Å². The molecule has 2 aromatic carbocycles. The number of benzene rings is 2. The predicted molar refractivity (Wildman–Crippen MR) is 107 cm³/mol. The van der Waals surface area contributed by atoms with Crippen molar-refractivity contribution in [3.8, 4) is 0 Å². The van der Waals surface area contributed by atoms with E-state index in [1.807, 2.05) is 24.3 Å². The average Bonchev–Trinajstić information content (AvgIpc) is 3.39. The van der Waals surface area contributed by atoms with E-state index in [-0.39, 0.29) is 18.3 Å². The first-order valence-corrected chi connectivity index (χ1v) is 9.34. The van der Waals surface area contributed by atoms with E-state index in [0.29, 0.717) is 5.76 Å². The number of halogens is 1. The van der Waals surface area contributed by atoms with Crippen LogP contribution in [0.4, 0.5) is 15.8 Å². The zero-order valence-corrected chi connectivity index (χ0v) is 15.6. The summed E-state index contributed by atoms with van der Waals surface area (Å²) in [6.07, 6.45) is 2.49. The molecule has 1 aromatic heterocycles. The summed E-state index contributed by atoms with van der Waals surface area (Å²) < 4.78 is 18.8. The van der Waals surface area contributed by atoms with Crippen LogP contribution in [0.3, 0.4) is 0 Å². The van der Waals surface area contributed by atoms with Gasteiger partial charge in [-0.05, 0) is 48.4 Å². The molecule has 1 aliphatic heterocycles. The molecule has 0 saturated carbocycles. The minimum atomic E-state index is -0.851. The maximum atomic E-state index is 13.3. The summed E-state index contributed by atoms with van der Waals surface area (Å²) >= 11 is 0. The molecule has 0 unspecified atom stereocenters. The first kappa shape index (κ1) is 18.7. The van der Waals surface area contributed by atoms with Gasteiger partial charge in [-0.15, -0.1) is 0 Å². The minimum absolute atomic E-state index is 0.192. The van der Waals surface area contributed by atoms with Gasteiger partial charge in [-0.3, -0.25) is 9.59 Å². The second-order valence-electron chi connectivity index (χ2n) is 6.78. The first-order valence-electron chi connectivity index (χ1n) is 9.34. The van der Waals surface area contributed by atoms with Gasteiger partial charge in [-0.2, -0.15) is 0 Å². The molecule has 2 N–H and O–H groups in total. The van der Waals surface area contributed by atoms with Crippen LogP contribution in [0.1, 0.15) is 17.4 Å². The van der Waals surface area contributed by atoms with Gasteiger partial charge in [0, 0.05) is 24.5 Å². The van der Waals surface area contributed by atoms with Crippen molar-refractivity contribution in [2.75, 3.05) is 23.3 Å². The number of para-hydroxylation sites is 1. The molecular formula is C22H20FN3O3. The fourth-order valence-corrected chi connectivity index (χ4v) is 3.56. The third kappa shape index (κ3) is 4.13. The number of rotatable bonds is 5. The van der Waals surface area contributed by atoms with Gasteiger partial charge in [0.15, 0.2) is 0 Å². The molecule has 2 heterocycles. The monoisotopic (exact) mass is 393 g/mol. The third-order valence-electron chi connectivity index (χ3n) is 4.92. The van der Waals surface area contributed by atoms with E-state index in [0.717, 1.165) is 24.7 Å². The number of amides is 2. The largest absolute Gasteiger partial charge is 0.467 e. The second-order valence-corrected chi connectivity index (χ2v) is 6.78. The predicted octanol–water partition coefficient (Wildman–Crippen LogP) is 3.28. The molecule has 0 aliphatic carbocycles. The Morgan fingerprint density at radius 2 is 1.93 bits per heavy atom. The fraction of sp³-hybridized carbons (Fsp3) is 0.182. The highest BCUT2D eigenvalue weighted by Gasteiger charge is 2.29. The lowest BCUT2D eigenvalue weighted by atomic mass is 10.1. The Morgan fingerprint density at radius 1 is 1.07 bits per heavy atom. The average molecular weight is 393 g/mol. The van der Waals surface area contributed by atoms with Crippen LogP contribution in [0.15, 0.2) is 71.3 Å². The second kappa shape index (κ2) is 8.18. The number of nitrogens with zero attached hydrogens (tertiary/aromatic N) is 1. The number of carbonyl (C=O) groups is 2. The summed E-state index contributed by atoms with van der Waals surface area (Å²) in [5.74, 6) is -1.43. The minimum Gasteiger partial charge on any atom is -0.467 e. The van der Waals surface area contributed by atoms with Crippen molar-refractivity contribution in [3.05, 3.63) is 84.1 Å². The molecule has 0 fully saturated rings. The van der Waals surface area contributed by atoms with E-state index in [2.05, 4.69) is 21.6 Å². The molecule has 0 bridgehead atoms. The van der Waals surface area contributed by atoms with Gasteiger partial charge in [0.2, 0.25) is 0 Å². The molecule has 3 aromatic rings. The highest BCUT2D eigenvalue weighted by Crippen LogP contribution is 2.34. The van der Waals surface area contributed by atoms with Gasteiger partial charge in [0.1, 0.15) is 17.6 Å². The van der Waals surface area contributed by atoms with Gasteiger partial charge in [-0.25, -0.2) is 4.39 Å². The molecule has 0 spiro atoms. The lowest BCUT2D eigenvalue weighted by molar-refractivity contribution is -0.136. The Kier molecular flexibility index (Phi) is 5.29. The Morgan fingerprint density at radius 3 is 2.72 bits per heavy atom. The molecule has 1 atom stereocenters. The molecule has 4 rings (SSSR count). The zero-order valence-electron chi connectivity index (χ0n) is 15.6. The number of furan rings is 1. The highest BCUT2D eigenvalue weighted by atomic mass is 19.1. The van der Waals surface area contributed by atoms with Crippen molar-refractivity contribution in [1.82, 2.24) is 5.32 Å². The maximum absolute atomic E-state index is 13.3. The Balaban J connectivity index is 1.45. The lowest BCUT2D eigenvalue weighted by Gasteiger charge is -2.29. The van der Waals surface area contributed by atoms with E-state index in [1.54, 1.807) is 12.3 Å². The zero-order chi connectivity index (χ0) is 20.2. The number of carbonyl (C=O) groups excluding carboxylic acids is 2. The van der Waals surface area contributed by atoms with Crippen molar-refractivity contribution in [3.63, 3.8) is 0 Å². The fourth-order valence-electron chi connectivity index (χ4n) is 3.56. The third-order valence-corrected chi connectivity index (χ3v) is 4.92.